The van der Waals surface area contributed by atoms with Gasteiger partial charge in [-0.15, -0.1) is 0 Å². The van der Waals surface area contributed by atoms with Gasteiger partial charge < -0.3 is 5.73 Å². The van der Waals surface area contributed by atoms with Crippen LogP contribution in [0.15, 0.2) is 6.20 Å². The van der Waals surface area contributed by atoms with E-state index in [9.17, 15) is 0 Å². The summed E-state index contributed by atoms with van der Waals surface area (Å²) in [5.74, 6) is 0. The molecular formula is C6H9N3S. The van der Waals surface area contributed by atoms with Gasteiger partial charge in [-0.3, -0.25) is 4.68 Å². The maximum atomic E-state index is 5.41. The molecule has 0 aromatic carbocycles. The van der Waals surface area contributed by atoms with Gasteiger partial charge in [0.25, 0.3) is 0 Å². The van der Waals surface area contributed by atoms with Gasteiger partial charge >= 0.3 is 0 Å². The van der Waals surface area contributed by atoms with Crippen LogP contribution in [0.1, 0.15) is 11.3 Å². The molecule has 0 aliphatic carbocycles. The number of aryl methyl sites for hydroxylation is 1. The second-order valence-corrected chi connectivity index (χ2v) is 2.57. The molecule has 0 aliphatic heterocycles. The van der Waals surface area contributed by atoms with Gasteiger partial charge in [0.05, 0.1) is 6.20 Å². The molecule has 0 saturated carbocycles. The molecular weight excluding hydrogens is 146 g/mol. The maximum Gasteiger partial charge on any atom is 0.107 e. The molecule has 3 nitrogen and oxygen atoms in total. The molecule has 1 rings (SSSR count). The smallest absolute Gasteiger partial charge is 0.107 e. The second-order valence-electron chi connectivity index (χ2n) is 2.13. The van der Waals surface area contributed by atoms with Crippen molar-refractivity contribution in [3.8, 4) is 0 Å². The van der Waals surface area contributed by atoms with Crippen molar-refractivity contribution in [2.24, 2.45) is 12.8 Å². The molecule has 0 bridgehead atoms. The highest BCUT2D eigenvalue weighted by molar-refractivity contribution is 7.80. The lowest BCUT2D eigenvalue weighted by Gasteiger charge is -1.95. The quantitative estimate of drug-likeness (QED) is 0.596. The number of hydrogen-bond acceptors (Lipinski definition) is 2. The normalized spacial score (nSPS) is 9.80. The summed E-state index contributed by atoms with van der Waals surface area (Å²) in [6.45, 7) is 1.93. The second kappa shape index (κ2) is 2.38. The molecule has 0 fully saturated rings. The van der Waals surface area contributed by atoms with Crippen LogP contribution in [0.3, 0.4) is 0 Å². The van der Waals surface area contributed by atoms with Crippen LogP contribution in [0.25, 0.3) is 0 Å². The summed E-state index contributed by atoms with van der Waals surface area (Å²) < 4.78 is 1.74. The molecule has 2 N–H and O–H groups in total. The average molecular weight is 155 g/mol. The molecule has 0 saturated heterocycles. The summed E-state index contributed by atoms with van der Waals surface area (Å²) in [6, 6.07) is 0. The van der Waals surface area contributed by atoms with Gasteiger partial charge in [-0.1, -0.05) is 12.2 Å². The van der Waals surface area contributed by atoms with Gasteiger partial charge in [0, 0.05) is 18.3 Å². The van der Waals surface area contributed by atoms with E-state index in [1.807, 2.05) is 14.0 Å². The Bertz CT molecular complexity index is 264. The van der Waals surface area contributed by atoms with Crippen LogP contribution in [-0.2, 0) is 7.05 Å². The van der Waals surface area contributed by atoms with Crippen molar-refractivity contribution in [1.29, 1.82) is 0 Å². The highest BCUT2D eigenvalue weighted by Gasteiger charge is 2.04. The zero-order chi connectivity index (χ0) is 7.72. The number of nitrogens with zero attached hydrogens (tertiary/aromatic N) is 2. The Hall–Kier alpha value is -0.900. The van der Waals surface area contributed by atoms with Crippen LogP contribution >= 0.6 is 12.2 Å². The molecule has 1 aromatic heterocycles. The van der Waals surface area contributed by atoms with E-state index in [-0.39, 0.29) is 0 Å². The summed E-state index contributed by atoms with van der Waals surface area (Å²) in [5.41, 5.74) is 7.27. The molecule has 10 heavy (non-hydrogen) atoms. The number of rotatable bonds is 1. The van der Waals surface area contributed by atoms with Crippen LogP contribution in [-0.4, -0.2) is 14.8 Å². The lowest BCUT2D eigenvalue weighted by molar-refractivity contribution is 0.740. The number of aromatic nitrogens is 2. The fourth-order valence-corrected chi connectivity index (χ4v) is 0.941. The van der Waals surface area contributed by atoms with Crippen LogP contribution in [0.5, 0.6) is 0 Å². The van der Waals surface area contributed by atoms with Gasteiger partial charge in [0.15, 0.2) is 0 Å². The van der Waals surface area contributed by atoms with Crippen LogP contribution in [0.4, 0.5) is 0 Å². The van der Waals surface area contributed by atoms with E-state index >= 15 is 0 Å². The molecule has 0 amide bonds. The summed E-state index contributed by atoms with van der Waals surface area (Å²) in [6.07, 6.45) is 1.68. The summed E-state index contributed by atoms with van der Waals surface area (Å²) in [5, 5.41) is 3.99. The van der Waals surface area contributed by atoms with Crippen molar-refractivity contribution in [3.05, 3.63) is 17.5 Å². The van der Waals surface area contributed by atoms with E-state index in [0.29, 0.717) is 4.99 Å². The van der Waals surface area contributed by atoms with Crippen molar-refractivity contribution in [2.45, 2.75) is 6.92 Å². The minimum atomic E-state index is 0.408. The number of hydrogen-bond donors (Lipinski definition) is 1. The molecule has 0 radical (unpaired) electrons. The number of nitrogens with two attached hydrogens (primary N) is 1. The zero-order valence-electron chi connectivity index (χ0n) is 5.96. The van der Waals surface area contributed by atoms with Crippen LogP contribution < -0.4 is 5.73 Å². The SMILES string of the molecule is Cc1c(C(N)=S)cnn1C. The topological polar surface area (TPSA) is 43.8 Å². The minimum absolute atomic E-state index is 0.408. The molecule has 1 aromatic rings. The summed E-state index contributed by atoms with van der Waals surface area (Å²) in [4.78, 5) is 0.408. The first-order valence-corrected chi connectivity index (χ1v) is 3.32. The Morgan fingerprint density at radius 3 is 2.60 bits per heavy atom. The third-order valence-electron chi connectivity index (χ3n) is 1.50. The molecule has 54 valence electrons. The van der Waals surface area contributed by atoms with Gasteiger partial charge in [0.1, 0.15) is 4.99 Å². The highest BCUT2D eigenvalue weighted by Crippen LogP contribution is 2.03. The van der Waals surface area contributed by atoms with E-state index in [4.69, 9.17) is 18.0 Å². The fourth-order valence-electron chi connectivity index (χ4n) is 0.741. The van der Waals surface area contributed by atoms with E-state index in [1.54, 1.807) is 10.9 Å². The zero-order valence-corrected chi connectivity index (χ0v) is 6.77. The first-order valence-electron chi connectivity index (χ1n) is 2.91. The van der Waals surface area contributed by atoms with Crippen molar-refractivity contribution in [1.82, 2.24) is 9.78 Å². The van der Waals surface area contributed by atoms with Gasteiger partial charge in [-0.25, -0.2) is 0 Å². The predicted molar refractivity (Wildman–Crippen MR) is 43.8 cm³/mol. The van der Waals surface area contributed by atoms with E-state index in [1.165, 1.54) is 0 Å². The monoisotopic (exact) mass is 155 g/mol. The average Bonchev–Trinajstić information content (AvgIpc) is 2.14. The molecule has 1 heterocycles. The summed E-state index contributed by atoms with van der Waals surface area (Å²) >= 11 is 4.79. The predicted octanol–water partition coefficient (Wildman–Crippen LogP) is 0.363. The lowest BCUT2D eigenvalue weighted by Crippen LogP contribution is -2.10. The van der Waals surface area contributed by atoms with Crippen molar-refractivity contribution < 1.29 is 0 Å². The Kier molecular flexibility index (Phi) is 1.72. The minimum Gasteiger partial charge on any atom is -0.389 e. The van der Waals surface area contributed by atoms with E-state index in [2.05, 4.69) is 5.10 Å². The Morgan fingerprint density at radius 1 is 1.80 bits per heavy atom. The highest BCUT2D eigenvalue weighted by atomic mass is 32.1. The standard InChI is InChI=1S/C6H9N3S/c1-4-5(6(7)10)3-8-9(4)2/h3H,1-2H3,(H2,7,10). The molecule has 0 aliphatic rings. The molecule has 0 unspecified atom stereocenters. The van der Waals surface area contributed by atoms with Gasteiger partial charge in [-0.05, 0) is 6.92 Å². The molecule has 4 heteroatoms. The van der Waals surface area contributed by atoms with Crippen molar-refractivity contribution >= 4 is 17.2 Å². The Balaban J connectivity index is 3.17. The van der Waals surface area contributed by atoms with Gasteiger partial charge in [-0.2, -0.15) is 5.10 Å². The van der Waals surface area contributed by atoms with E-state index < -0.39 is 0 Å². The molecule has 0 spiro atoms. The molecule has 0 atom stereocenters. The van der Waals surface area contributed by atoms with Crippen molar-refractivity contribution in [2.75, 3.05) is 0 Å². The Morgan fingerprint density at radius 2 is 2.40 bits per heavy atom. The number of thiocarbonyl (C=S) groups is 1. The van der Waals surface area contributed by atoms with E-state index in [0.717, 1.165) is 11.3 Å². The first kappa shape index (κ1) is 7.21. The van der Waals surface area contributed by atoms with Crippen LogP contribution in [0.2, 0.25) is 0 Å². The Labute approximate surface area is 64.8 Å². The van der Waals surface area contributed by atoms with Gasteiger partial charge in [0.2, 0.25) is 0 Å². The van der Waals surface area contributed by atoms with Crippen LogP contribution in [0, 0.1) is 6.92 Å². The third kappa shape index (κ3) is 1.02. The maximum absolute atomic E-state index is 5.41. The lowest BCUT2D eigenvalue weighted by atomic mass is 10.3. The third-order valence-corrected chi connectivity index (χ3v) is 1.72. The van der Waals surface area contributed by atoms with Crippen molar-refractivity contribution in [3.63, 3.8) is 0 Å². The first-order chi connectivity index (χ1) is 4.63. The summed E-state index contributed by atoms with van der Waals surface area (Å²) in [7, 11) is 1.86. The largest absolute Gasteiger partial charge is 0.389 e. The fraction of sp³-hybridized carbons (Fsp3) is 0.333.